The van der Waals surface area contributed by atoms with Gasteiger partial charge in [0.2, 0.25) is 0 Å². The highest BCUT2D eigenvalue weighted by Crippen LogP contribution is 2.23. The van der Waals surface area contributed by atoms with Crippen LogP contribution in [-0.2, 0) is 16.6 Å². The van der Waals surface area contributed by atoms with Crippen molar-refractivity contribution in [1.82, 2.24) is 0 Å². The summed E-state index contributed by atoms with van der Waals surface area (Å²) in [5.74, 6) is 0. The number of hydrogen-bond donors (Lipinski definition) is 2. The van der Waals surface area contributed by atoms with Crippen molar-refractivity contribution in [1.29, 1.82) is 0 Å². The van der Waals surface area contributed by atoms with Crippen molar-refractivity contribution in [2.45, 2.75) is 32.2 Å². The summed E-state index contributed by atoms with van der Waals surface area (Å²) < 4.78 is 27.6. The van der Waals surface area contributed by atoms with Gasteiger partial charge in [-0.15, -0.1) is 0 Å². The Bertz CT molecular complexity index is 768. The number of hydrogen-bond acceptors (Lipinski definition) is 3. The zero-order valence-corrected chi connectivity index (χ0v) is 13.3. The highest BCUT2D eigenvalue weighted by Gasteiger charge is 2.16. The average molecular weight is 304 g/mol. The monoisotopic (exact) mass is 304 g/mol. The molecule has 0 aliphatic heterocycles. The molecule has 2 aromatic carbocycles. The van der Waals surface area contributed by atoms with Crippen molar-refractivity contribution in [3.8, 4) is 0 Å². The van der Waals surface area contributed by atoms with Crippen molar-refractivity contribution in [2.24, 2.45) is 5.73 Å². The maximum Gasteiger partial charge on any atom is 0.261 e. The predicted octanol–water partition coefficient (Wildman–Crippen LogP) is 2.87. The minimum Gasteiger partial charge on any atom is -0.326 e. The largest absolute Gasteiger partial charge is 0.326 e. The zero-order valence-electron chi connectivity index (χ0n) is 12.5. The molecule has 2 rings (SSSR count). The topological polar surface area (TPSA) is 72.2 Å². The van der Waals surface area contributed by atoms with Gasteiger partial charge >= 0.3 is 0 Å². The van der Waals surface area contributed by atoms with Gasteiger partial charge in [-0.05, 0) is 61.2 Å². The van der Waals surface area contributed by atoms with Crippen LogP contribution >= 0.6 is 0 Å². The molecule has 0 fully saturated rings. The third-order valence-electron chi connectivity index (χ3n) is 3.69. The first-order valence-electron chi connectivity index (χ1n) is 6.74. The molecule has 0 atom stereocenters. The van der Waals surface area contributed by atoms with Crippen LogP contribution in [-0.4, -0.2) is 8.42 Å². The molecule has 0 heterocycles. The van der Waals surface area contributed by atoms with Gasteiger partial charge in [-0.3, -0.25) is 4.72 Å². The van der Waals surface area contributed by atoms with Crippen molar-refractivity contribution in [3.05, 3.63) is 58.7 Å². The Hall–Kier alpha value is -1.85. The molecule has 21 heavy (non-hydrogen) atoms. The molecule has 5 heteroatoms. The average Bonchev–Trinajstić information content (AvgIpc) is 2.43. The zero-order chi connectivity index (χ0) is 15.6. The molecule has 0 saturated carbocycles. The summed E-state index contributed by atoms with van der Waals surface area (Å²) in [7, 11) is -3.59. The fourth-order valence-electron chi connectivity index (χ4n) is 2.13. The van der Waals surface area contributed by atoms with Gasteiger partial charge in [0.05, 0.1) is 10.6 Å². The fraction of sp³-hybridized carbons (Fsp3) is 0.250. The third-order valence-corrected chi connectivity index (χ3v) is 5.06. The van der Waals surface area contributed by atoms with E-state index in [-0.39, 0.29) is 4.90 Å². The second kappa shape index (κ2) is 5.87. The summed E-state index contributed by atoms with van der Waals surface area (Å²) in [6.45, 7) is 6.11. The number of anilines is 1. The summed E-state index contributed by atoms with van der Waals surface area (Å²) >= 11 is 0. The first-order chi connectivity index (χ1) is 9.85. The summed E-state index contributed by atoms with van der Waals surface area (Å²) in [5.41, 5.74) is 10.0. The minimum absolute atomic E-state index is 0.248. The highest BCUT2D eigenvalue weighted by atomic mass is 32.2. The lowest BCUT2D eigenvalue weighted by Crippen LogP contribution is -2.14. The summed E-state index contributed by atoms with van der Waals surface area (Å²) in [6, 6.07) is 10.5. The Morgan fingerprint density at radius 2 is 1.76 bits per heavy atom. The van der Waals surface area contributed by atoms with Gasteiger partial charge in [-0.25, -0.2) is 8.42 Å². The van der Waals surface area contributed by atoms with Gasteiger partial charge < -0.3 is 5.73 Å². The van der Waals surface area contributed by atoms with Gasteiger partial charge in [0, 0.05) is 6.54 Å². The predicted molar refractivity (Wildman–Crippen MR) is 85.8 cm³/mol. The smallest absolute Gasteiger partial charge is 0.261 e. The Labute approximate surface area is 126 Å². The van der Waals surface area contributed by atoms with Crippen molar-refractivity contribution in [2.75, 3.05) is 4.72 Å². The van der Waals surface area contributed by atoms with E-state index in [2.05, 4.69) is 4.72 Å². The van der Waals surface area contributed by atoms with E-state index in [9.17, 15) is 8.42 Å². The molecule has 0 amide bonds. The molecule has 0 aliphatic rings. The van der Waals surface area contributed by atoms with Crippen LogP contribution in [0.5, 0.6) is 0 Å². The van der Waals surface area contributed by atoms with Crippen molar-refractivity contribution >= 4 is 15.7 Å². The fourth-order valence-corrected chi connectivity index (χ4v) is 3.34. The number of nitrogens with two attached hydrogens (primary N) is 1. The van der Waals surface area contributed by atoms with E-state index >= 15 is 0 Å². The number of aryl methyl sites for hydroxylation is 2. The van der Waals surface area contributed by atoms with Crippen LogP contribution in [0.3, 0.4) is 0 Å². The maximum absolute atomic E-state index is 12.5. The van der Waals surface area contributed by atoms with Gasteiger partial charge in [0.1, 0.15) is 0 Å². The van der Waals surface area contributed by atoms with Crippen molar-refractivity contribution < 1.29 is 8.42 Å². The van der Waals surface area contributed by atoms with Crippen LogP contribution in [0.1, 0.15) is 22.3 Å². The van der Waals surface area contributed by atoms with Crippen LogP contribution in [0.4, 0.5) is 5.69 Å². The second-order valence-corrected chi connectivity index (χ2v) is 6.83. The molecule has 112 valence electrons. The van der Waals surface area contributed by atoms with Crippen molar-refractivity contribution in [3.63, 3.8) is 0 Å². The molecule has 0 spiro atoms. The minimum atomic E-state index is -3.59. The normalized spacial score (nSPS) is 11.4. The molecule has 0 radical (unpaired) electrons. The lowest BCUT2D eigenvalue weighted by atomic mass is 10.1. The van der Waals surface area contributed by atoms with Crippen LogP contribution in [0.25, 0.3) is 0 Å². The third kappa shape index (κ3) is 3.25. The van der Waals surface area contributed by atoms with E-state index in [4.69, 9.17) is 5.73 Å². The van der Waals surface area contributed by atoms with E-state index in [1.807, 2.05) is 32.9 Å². The first-order valence-corrected chi connectivity index (χ1v) is 8.22. The standard InChI is InChI=1S/C16H20N2O2S/c1-11-5-4-6-16(13(11)3)18-21(19,20)15-8-7-14(10-17)12(2)9-15/h4-9,18H,10,17H2,1-3H3. The van der Waals surface area contributed by atoms with E-state index in [0.29, 0.717) is 12.2 Å². The van der Waals surface area contributed by atoms with E-state index in [1.54, 1.807) is 24.3 Å². The van der Waals surface area contributed by atoms with E-state index < -0.39 is 10.0 Å². The van der Waals surface area contributed by atoms with Crippen LogP contribution in [0, 0.1) is 20.8 Å². The Kier molecular flexibility index (Phi) is 4.34. The van der Waals surface area contributed by atoms with E-state index in [0.717, 1.165) is 22.3 Å². The van der Waals surface area contributed by atoms with Crippen LogP contribution in [0.15, 0.2) is 41.3 Å². The molecule has 0 aromatic heterocycles. The molecule has 0 aliphatic carbocycles. The Morgan fingerprint density at radius 3 is 2.38 bits per heavy atom. The number of nitrogens with one attached hydrogen (secondary N) is 1. The summed E-state index contributed by atoms with van der Waals surface area (Å²) in [5, 5.41) is 0. The molecule has 2 aromatic rings. The lowest BCUT2D eigenvalue weighted by Gasteiger charge is -2.13. The van der Waals surface area contributed by atoms with E-state index in [1.165, 1.54) is 0 Å². The Morgan fingerprint density at radius 1 is 1.05 bits per heavy atom. The molecule has 0 bridgehead atoms. The number of benzene rings is 2. The van der Waals surface area contributed by atoms with Gasteiger partial charge in [-0.1, -0.05) is 18.2 Å². The molecular weight excluding hydrogens is 284 g/mol. The second-order valence-electron chi connectivity index (χ2n) is 5.15. The number of sulfonamides is 1. The lowest BCUT2D eigenvalue weighted by molar-refractivity contribution is 0.601. The molecule has 4 nitrogen and oxygen atoms in total. The molecule has 0 unspecified atom stereocenters. The Balaban J connectivity index is 2.39. The SMILES string of the molecule is Cc1cc(S(=O)(=O)Nc2cccc(C)c2C)ccc1CN. The number of rotatable bonds is 4. The van der Waals surface area contributed by atoms with Crippen LogP contribution < -0.4 is 10.5 Å². The van der Waals surface area contributed by atoms with Crippen LogP contribution in [0.2, 0.25) is 0 Å². The maximum atomic E-state index is 12.5. The first kappa shape index (κ1) is 15.5. The molecular formula is C16H20N2O2S. The quantitative estimate of drug-likeness (QED) is 0.912. The molecule has 0 saturated heterocycles. The van der Waals surface area contributed by atoms with Gasteiger partial charge in [-0.2, -0.15) is 0 Å². The summed E-state index contributed by atoms with van der Waals surface area (Å²) in [6.07, 6.45) is 0. The van der Waals surface area contributed by atoms with Gasteiger partial charge in [0.25, 0.3) is 10.0 Å². The molecule has 3 N–H and O–H groups in total. The van der Waals surface area contributed by atoms with Gasteiger partial charge in [0.15, 0.2) is 0 Å². The summed E-state index contributed by atoms with van der Waals surface area (Å²) in [4.78, 5) is 0.248. The highest BCUT2D eigenvalue weighted by molar-refractivity contribution is 7.92.